The molecule has 0 aromatic rings. The van der Waals surface area contributed by atoms with Crippen LogP contribution in [0.15, 0.2) is 0 Å². The quantitative estimate of drug-likeness (QED) is 0.455. The molecule has 9 heavy (non-hydrogen) atoms. The highest BCUT2D eigenvalue weighted by Crippen LogP contribution is 1.96. The van der Waals surface area contributed by atoms with Crippen molar-refractivity contribution in [3.05, 3.63) is 0 Å². The Labute approximate surface area is 55.5 Å². The number of hydrogen-bond donors (Lipinski definition) is 1. The van der Waals surface area contributed by atoms with Gasteiger partial charge < -0.3 is 4.74 Å². The van der Waals surface area contributed by atoms with Gasteiger partial charge in [0.2, 0.25) is 0 Å². The van der Waals surface area contributed by atoms with Gasteiger partial charge in [-0.1, -0.05) is 6.92 Å². The molecule has 0 amide bonds. The molecule has 0 bridgehead atoms. The van der Waals surface area contributed by atoms with Crippen LogP contribution in [0.3, 0.4) is 0 Å². The minimum atomic E-state index is 0.0417. The summed E-state index contributed by atoms with van der Waals surface area (Å²) < 4.78 is 5.15. The largest absolute Gasteiger partial charge is 0.376 e. The normalized spacial score (nSPS) is 13.7. The van der Waals surface area contributed by atoms with E-state index >= 15 is 0 Å². The standard InChI is InChI=1S/C6H14O3/c1-3-6(5-9-7)8-4-2/h6-7H,3-5H2,1-2H3. The van der Waals surface area contributed by atoms with Crippen molar-refractivity contribution in [2.24, 2.45) is 0 Å². The lowest BCUT2D eigenvalue weighted by atomic mass is 10.3. The fourth-order valence-electron chi connectivity index (χ4n) is 0.603. The maximum Gasteiger partial charge on any atom is 0.108 e. The number of rotatable bonds is 5. The third-order valence-electron chi connectivity index (χ3n) is 1.12. The summed E-state index contributed by atoms with van der Waals surface area (Å²) in [7, 11) is 0. The Hall–Kier alpha value is -0.120. The molecule has 1 unspecified atom stereocenters. The van der Waals surface area contributed by atoms with Crippen LogP contribution in [0.1, 0.15) is 20.3 Å². The van der Waals surface area contributed by atoms with Crippen LogP contribution in [-0.4, -0.2) is 24.6 Å². The fraction of sp³-hybridized carbons (Fsp3) is 1.00. The van der Waals surface area contributed by atoms with E-state index in [-0.39, 0.29) is 12.7 Å². The zero-order valence-electron chi connectivity index (χ0n) is 5.96. The second kappa shape index (κ2) is 6.01. The van der Waals surface area contributed by atoms with Crippen molar-refractivity contribution >= 4 is 0 Å². The topological polar surface area (TPSA) is 38.7 Å². The SMILES string of the molecule is CCOC(CC)COO. The van der Waals surface area contributed by atoms with Gasteiger partial charge in [0.1, 0.15) is 6.61 Å². The smallest absolute Gasteiger partial charge is 0.108 e. The molecular weight excluding hydrogens is 120 g/mol. The maximum absolute atomic E-state index is 8.01. The lowest BCUT2D eigenvalue weighted by Crippen LogP contribution is -2.17. The van der Waals surface area contributed by atoms with E-state index in [1.165, 1.54) is 0 Å². The lowest BCUT2D eigenvalue weighted by Gasteiger charge is -2.11. The molecule has 1 atom stereocenters. The van der Waals surface area contributed by atoms with E-state index in [4.69, 9.17) is 9.99 Å². The summed E-state index contributed by atoms with van der Waals surface area (Å²) in [6.07, 6.45) is 0.911. The molecule has 0 aliphatic carbocycles. The van der Waals surface area contributed by atoms with Gasteiger partial charge in [-0.3, -0.25) is 5.26 Å². The van der Waals surface area contributed by atoms with E-state index < -0.39 is 0 Å². The van der Waals surface area contributed by atoms with Crippen molar-refractivity contribution in [3.8, 4) is 0 Å². The van der Waals surface area contributed by atoms with E-state index in [1.54, 1.807) is 0 Å². The minimum Gasteiger partial charge on any atom is -0.376 e. The predicted octanol–water partition coefficient (Wildman–Crippen LogP) is 1.29. The molecule has 0 rings (SSSR count). The Morgan fingerprint density at radius 3 is 2.44 bits per heavy atom. The average molecular weight is 134 g/mol. The predicted molar refractivity (Wildman–Crippen MR) is 34.3 cm³/mol. The molecule has 0 spiro atoms. The zero-order valence-corrected chi connectivity index (χ0v) is 5.96. The first-order valence-electron chi connectivity index (χ1n) is 3.23. The molecule has 3 heteroatoms. The van der Waals surface area contributed by atoms with Crippen LogP contribution in [0, 0.1) is 0 Å². The van der Waals surface area contributed by atoms with Gasteiger partial charge in [0.15, 0.2) is 0 Å². The van der Waals surface area contributed by atoms with Crippen molar-refractivity contribution in [3.63, 3.8) is 0 Å². The van der Waals surface area contributed by atoms with Crippen molar-refractivity contribution in [1.82, 2.24) is 0 Å². The van der Waals surface area contributed by atoms with Crippen LogP contribution in [0.2, 0.25) is 0 Å². The first-order chi connectivity index (χ1) is 4.35. The van der Waals surface area contributed by atoms with Gasteiger partial charge in [-0.25, -0.2) is 4.89 Å². The first kappa shape index (κ1) is 8.88. The highest BCUT2D eigenvalue weighted by atomic mass is 17.1. The zero-order chi connectivity index (χ0) is 7.11. The molecule has 0 fully saturated rings. The molecule has 0 saturated heterocycles. The molecular formula is C6H14O3. The summed E-state index contributed by atoms with van der Waals surface area (Å²) in [5, 5.41) is 8.01. The van der Waals surface area contributed by atoms with E-state index in [9.17, 15) is 0 Å². The van der Waals surface area contributed by atoms with Crippen molar-refractivity contribution in [2.45, 2.75) is 26.4 Å². The maximum atomic E-state index is 8.01. The van der Waals surface area contributed by atoms with Crippen LogP contribution in [0.4, 0.5) is 0 Å². The summed E-state index contributed by atoms with van der Waals surface area (Å²) in [6.45, 7) is 4.84. The third kappa shape index (κ3) is 4.39. The lowest BCUT2D eigenvalue weighted by molar-refractivity contribution is -0.260. The second-order valence-electron chi connectivity index (χ2n) is 1.78. The number of ether oxygens (including phenoxy) is 1. The summed E-state index contributed by atoms with van der Waals surface area (Å²) >= 11 is 0. The van der Waals surface area contributed by atoms with Gasteiger partial charge in [0, 0.05) is 6.61 Å². The molecule has 3 nitrogen and oxygen atoms in total. The summed E-state index contributed by atoms with van der Waals surface area (Å²) in [5.74, 6) is 0. The molecule has 0 aromatic heterocycles. The molecule has 0 aliphatic rings. The Morgan fingerprint density at radius 1 is 1.44 bits per heavy atom. The van der Waals surface area contributed by atoms with Gasteiger partial charge in [-0.2, -0.15) is 0 Å². The fourth-order valence-corrected chi connectivity index (χ4v) is 0.603. The summed E-state index contributed by atoms with van der Waals surface area (Å²) in [5.41, 5.74) is 0. The van der Waals surface area contributed by atoms with Gasteiger partial charge in [-0.05, 0) is 13.3 Å². The van der Waals surface area contributed by atoms with E-state index in [0.717, 1.165) is 6.42 Å². The van der Waals surface area contributed by atoms with Crippen molar-refractivity contribution in [2.75, 3.05) is 13.2 Å². The Morgan fingerprint density at radius 2 is 2.11 bits per heavy atom. The Bertz CT molecular complexity index is 50.3. The van der Waals surface area contributed by atoms with Crippen molar-refractivity contribution < 1.29 is 14.9 Å². The van der Waals surface area contributed by atoms with Crippen LogP contribution < -0.4 is 0 Å². The van der Waals surface area contributed by atoms with Crippen LogP contribution in [0.25, 0.3) is 0 Å². The molecule has 0 saturated carbocycles. The Kier molecular flexibility index (Phi) is 5.93. The van der Waals surface area contributed by atoms with E-state index in [2.05, 4.69) is 4.89 Å². The van der Waals surface area contributed by atoms with Gasteiger partial charge in [0.05, 0.1) is 6.10 Å². The second-order valence-corrected chi connectivity index (χ2v) is 1.78. The molecule has 0 radical (unpaired) electrons. The van der Waals surface area contributed by atoms with Gasteiger partial charge >= 0.3 is 0 Å². The highest BCUT2D eigenvalue weighted by Gasteiger charge is 2.03. The highest BCUT2D eigenvalue weighted by molar-refractivity contribution is 4.50. The summed E-state index contributed by atoms with van der Waals surface area (Å²) in [4.78, 5) is 3.92. The average Bonchev–Trinajstić information content (AvgIpc) is 1.88. The third-order valence-corrected chi connectivity index (χ3v) is 1.12. The van der Waals surface area contributed by atoms with E-state index in [1.807, 2.05) is 13.8 Å². The van der Waals surface area contributed by atoms with Crippen LogP contribution in [0.5, 0.6) is 0 Å². The van der Waals surface area contributed by atoms with Crippen LogP contribution in [-0.2, 0) is 9.62 Å². The minimum absolute atomic E-state index is 0.0417. The molecule has 0 aliphatic heterocycles. The van der Waals surface area contributed by atoms with E-state index in [0.29, 0.717) is 6.61 Å². The Balaban J connectivity index is 3.18. The molecule has 0 heterocycles. The van der Waals surface area contributed by atoms with Gasteiger partial charge in [0.25, 0.3) is 0 Å². The summed E-state index contributed by atoms with van der Waals surface area (Å²) in [6, 6.07) is 0. The first-order valence-corrected chi connectivity index (χ1v) is 3.23. The number of hydrogen-bond acceptors (Lipinski definition) is 3. The van der Waals surface area contributed by atoms with Crippen molar-refractivity contribution in [1.29, 1.82) is 0 Å². The monoisotopic (exact) mass is 134 g/mol. The molecule has 0 aromatic carbocycles. The molecule has 1 N–H and O–H groups in total. The van der Waals surface area contributed by atoms with Gasteiger partial charge in [-0.15, -0.1) is 0 Å². The van der Waals surface area contributed by atoms with Crippen LogP contribution >= 0.6 is 0 Å². The molecule has 56 valence electrons.